The fourth-order valence-electron chi connectivity index (χ4n) is 3.54. The molecule has 0 aliphatic carbocycles. The van der Waals surface area contributed by atoms with E-state index in [0.717, 1.165) is 58.4 Å². The number of aryl methyl sites for hydroxylation is 1. The Labute approximate surface area is 189 Å². The van der Waals surface area contributed by atoms with Crippen LogP contribution in [-0.4, -0.2) is 58.9 Å². The van der Waals surface area contributed by atoms with E-state index in [1.165, 1.54) is 16.7 Å². The lowest BCUT2D eigenvalue weighted by atomic mass is 10.2. The van der Waals surface area contributed by atoms with Crippen molar-refractivity contribution in [1.82, 2.24) is 14.8 Å². The second-order valence-electron chi connectivity index (χ2n) is 6.98. The summed E-state index contributed by atoms with van der Waals surface area (Å²) in [7, 11) is 0. The zero-order valence-electron chi connectivity index (χ0n) is 17.3. The van der Waals surface area contributed by atoms with Gasteiger partial charge in [-0.25, -0.2) is 0 Å². The molecule has 2 aromatic heterocycles. The molecule has 0 unspecified atom stereocenters. The molecule has 0 bridgehead atoms. The van der Waals surface area contributed by atoms with Gasteiger partial charge in [0, 0.05) is 40.6 Å². The first-order valence-electron chi connectivity index (χ1n) is 9.72. The number of hydrogen-bond acceptors (Lipinski definition) is 8. The van der Waals surface area contributed by atoms with Crippen LogP contribution in [0.25, 0.3) is 5.69 Å². The minimum absolute atomic E-state index is 0.114. The van der Waals surface area contributed by atoms with Crippen molar-refractivity contribution in [1.29, 1.82) is 0 Å². The van der Waals surface area contributed by atoms with E-state index in [4.69, 9.17) is 4.74 Å². The smallest absolute Gasteiger partial charge is 0.209 e. The van der Waals surface area contributed by atoms with Crippen molar-refractivity contribution in [2.75, 3.05) is 43.2 Å². The van der Waals surface area contributed by atoms with Crippen LogP contribution in [-0.2, 0) is 4.74 Å². The molecular weight excluding hydrogens is 436 g/mol. The lowest BCUT2D eigenvalue weighted by molar-refractivity contribution is 0.102. The summed E-state index contributed by atoms with van der Waals surface area (Å²) in [4.78, 5) is 16.3. The standard InChI is InChI=1S/C21H24N4O2S3/c1-14-11-18(15(2)25(14)16-5-4-6-17(12-16)28-3)19(26)13-29-21-23-22-20(30-21)24-7-9-27-10-8-24/h4-6,11-12H,7-10,13H2,1-3H3. The quantitative estimate of drug-likeness (QED) is 0.381. The molecule has 1 fully saturated rings. The molecule has 158 valence electrons. The average molecular weight is 461 g/mol. The molecule has 1 aromatic carbocycles. The van der Waals surface area contributed by atoms with E-state index in [1.807, 2.05) is 19.9 Å². The van der Waals surface area contributed by atoms with Gasteiger partial charge in [0.1, 0.15) is 0 Å². The fraction of sp³-hybridized carbons (Fsp3) is 0.381. The second kappa shape index (κ2) is 9.55. The van der Waals surface area contributed by atoms with Gasteiger partial charge in [-0.15, -0.1) is 22.0 Å². The summed E-state index contributed by atoms with van der Waals surface area (Å²) >= 11 is 4.71. The Balaban J connectivity index is 1.46. The number of carbonyl (C=O) groups is 1. The van der Waals surface area contributed by atoms with Crippen molar-refractivity contribution < 1.29 is 9.53 Å². The molecule has 1 saturated heterocycles. The normalized spacial score (nSPS) is 14.3. The summed E-state index contributed by atoms with van der Waals surface area (Å²) < 4.78 is 8.36. The Morgan fingerprint density at radius 3 is 2.77 bits per heavy atom. The lowest BCUT2D eigenvalue weighted by Gasteiger charge is -2.25. The zero-order valence-corrected chi connectivity index (χ0v) is 19.7. The highest BCUT2D eigenvalue weighted by atomic mass is 32.2. The van der Waals surface area contributed by atoms with Crippen molar-refractivity contribution in [2.24, 2.45) is 0 Å². The van der Waals surface area contributed by atoms with Gasteiger partial charge in [-0.3, -0.25) is 4.79 Å². The number of ketones is 1. The zero-order chi connectivity index (χ0) is 21.1. The molecule has 0 spiro atoms. The van der Waals surface area contributed by atoms with Crippen LogP contribution in [0.15, 0.2) is 39.6 Å². The van der Waals surface area contributed by atoms with E-state index >= 15 is 0 Å². The molecule has 3 heterocycles. The third kappa shape index (κ3) is 4.59. The molecular formula is C21H24N4O2S3. The van der Waals surface area contributed by atoms with Crippen molar-refractivity contribution in [3.05, 3.63) is 47.3 Å². The highest BCUT2D eigenvalue weighted by molar-refractivity contribution is 8.01. The Hall–Kier alpha value is -1.81. The van der Waals surface area contributed by atoms with E-state index < -0.39 is 0 Å². The number of ether oxygens (including phenoxy) is 1. The van der Waals surface area contributed by atoms with E-state index in [2.05, 4.69) is 50.2 Å². The highest BCUT2D eigenvalue weighted by Crippen LogP contribution is 2.30. The fourth-order valence-corrected chi connectivity index (χ4v) is 5.77. The van der Waals surface area contributed by atoms with E-state index in [9.17, 15) is 4.79 Å². The predicted molar refractivity (Wildman–Crippen MR) is 125 cm³/mol. The van der Waals surface area contributed by atoms with Crippen molar-refractivity contribution >= 4 is 45.8 Å². The van der Waals surface area contributed by atoms with Gasteiger partial charge in [0.15, 0.2) is 10.1 Å². The molecule has 6 nitrogen and oxygen atoms in total. The van der Waals surface area contributed by atoms with Crippen LogP contribution >= 0.6 is 34.9 Å². The first-order valence-corrected chi connectivity index (χ1v) is 12.7. The summed E-state index contributed by atoms with van der Waals surface area (Å²) in [5.41, 5.74) is 3.89. The van der Waals surface area contributed by atoms with Crippen LogP contribution < -0.4 is 4.90 Å². The third-order valence-corrected chi connectivity index (χ3v) is 7.89. The number of hydrogen-bond donors (Lipinski definition) is 0. The van der Waals surface area contributed by atoms with E-state index in [-0.39, 0.29) is 5.78 Å². The minimum Gasteiger partial charge on any atom is -0.378 e. The molecule has 9 heteroatoms. The Morgan fingerprint density at radius 1 is 1.20 bits per heavy atom. The number of rotatable bonds is 7. The largest absolute Gasteiger partial charge is 0.378 e. The number of aromatic nitrogens is 3. The predicted octanol–water partition coefficient (Wildman–Crippen LogP) is 4.48. The van der Waals surface area contributed by atoms with Crippen LogP contribution in [0.4, 0.5) is 5.13 Å². The van der Waals surface area contributed by atoms with Crippen LogP contribution in [0.3, 0.4) is 0 Å². The minimum atomic E-state index is 0.114. The first kappa shape index (κ1) is 21.4. The topological polar surface area (TPSA) is 60.2 Å². The van der Waals surface area contributed by atoms with Crippen molar-refractivity contribution in [2.45, 2.75) is 23.1 Å². The van der Waals surface area contributed by atoms with Crippen LogP contribution in [0.2, 0.25) is 0 Å². The van der Waals surface area contributed by atoms with Gasteiger partial charge in [0.2, 0.25) is 5.13 Å². The molecule has 30 heavy (non-hydrogen) atoms. The maximum Gasteiger partial charge on any atom is 0.209 e. The monoisotopic (exact) mass is 460 g/mol. The van der Waals surface area contributed by atoms with Gasteiger partial charge in [-0.2, -0.15) is 0 Å². The average Bonchev–Trinajstić information content (AvgIpc) is 3.37. The van der Waals surface area contributed by atoms with Gasteiger partial charge in [-0.1, -0.05) is 29.2 Å². The molecule has 0 N–H and O–H groups in total. The Kier molecular flexibility index (Phi) is 6.82. The van der Waals surface area contributed by atoms with Gasteiger partial charge in [0.25, 0.3) is 0 Å². The number of Topliss-reactive ketones (excluding diaryl/α,β-unsaturated/α-hetero) is 1. The third-order valence-electron chi connectivity index (χ3n) is 5.05. The molecule has 0 atom stereocenters. The van der Waals surface area contributed by atoms with Crippen LogP contribution in [0.1, 0.15) is 21.7 Å². The number of carbonyl (C=O) groups excluding carboxylic acids is 1. The molecule has 4 rings (SSSR count). The van der Waals surface area contributed by atoms with Gasteiger partial charge in [0.05, 0.1) is 19.0 Å². The number of anilines is 1. The van der Waals surface area contributed by atoms with Gasteiger partial charge in [-0.05, 0) is 44.4 Å². The van der Waals surface area contributed by atoms with Crippen molar-refractivity contribution in [3.8, 4) is 5.69 Å². The number of thioether (sulfide) groups is 2. The van der Waals surface area contributed by atoms with Crippen LogP contribution in [0, 0.1) is 13.8 Å². The molecule has 3 aromatic rings. The molecule has 0 amide bonds. The highest BCUT2D eigenvalue weighted by Gasteiger charge is 2.19. The van der Waals surface area contributed by atoms with E-state index in [0.29, 0.717) is 5.75 Å². The van der Waals surface area contributed by atoms with E-state index in [1.54, 1.807) is 23.1 Å². The van der Waals surface area contributed by atoms with Crippen molar-refractivity contribution in [3.63, 3.8) is 0 Å². The van der Waals surface area contributed by atoms with Gasteiger partial charge >= 0.3 is 0 Å². The maximum atomic E-state index is 13.0. The summed E-state index contributed by atoms with van der Waals surface area (Å²) in [5.74, 6) is 0.468. The molecule has 0 radical (unpaired) electrons. The first-order chi connectivity index (χ1) is 14.6. The Bertz CT molecular complexity index is 1040. The van der Waals surface area contributed by atoms with Gasteiger partial charge < -0.3 is 14.2 Å². The molecule has 1 aliphatic heterocycles. The summed E-state index contributed by atoms with van der Waals surface area (Å²) in [6.45, 7) is 7.16. The molecule has 1 aliphatic rings. The SMILES string of the molecule is CSc1cccc(-n2c(C)cc(C(=O)CSc3nnc(N4CCOCC4)s3)c2C)c1. The number of morpholine rings is 1. The summed E-state index contributed by atoms with van der Waals surface area (Å²) in [6, 6.07) is 10.4. The number of nitrogens with zero attached hydrogens (tertiary/aromatic N) is 4. The Morgan fingerprint density at radius 2 is 2.00 bits per heavy atom. The second-order valence-corrected chi connectivity index (χ2v) is 10.0. The lowest BCUT2D eigenvalue weighted by Crippen LogP contribution is -2.36. The molecule has 0 saturated carbocycles. The van der Waals surface area contributed by atoms with Crippen LogP contribution in [0.5, 0.6) is 0 Å². The summed E-state index contributed by atoms with van der Waals surface area (Å²) in [5, 5.41) is 9.44. The maximum absolute atomic E-state index is 13.0. The summed E-state index contributed by atoms with van der Waals surface area (Å²) in [6.07, 6.45) is 2.07. The number of benzene rings is 1.